The Morgan fingerprint density at radius 1 is 1.33 bits per heavy atom. The summed E-state index contributed by atoms with van der Waals surface area (Å²) in [5, 5.41) is 3.80. The van der Waals surface area contributed by atoms with Crippen LogP contribution in [0.4, 0.5) is 5.69 Å². The van der Waals surface area contributed by atoms with E-state index in [1.807, 2.05) is 0 Å². The molecule has 0 radical (unpaired) electrons. The summed E-state index contributed by atoms with van der Waals surface area (Å²) in [6.07, 6.45) is 9.77. The van der Waals surface area contributed by atoms with E-state index in [0.29, 0.717) is 11.5 Å². The third-order valence-corrected chi connectivity index (χ3v) is 4.79. The van der Waals surface area contributed by atoms with Crippen LogP contribution in [-0.2, 0) is 0 Å². The predicted octanol–water partition coefficient (Wildman–Crippen LogP) is 4.87. The Morgan fingerprint density at radius 3 is 2.94 bits per heavy atom. The smallest absolute Gasteiger partial charge is 0.0414 e. The zero-order valence-electron chi connectivity index (χ0n) is 11.7. The highest BCUT2D eigenvalue weighted by Gasteiger charge is 2.43. The zero-order chi connectivity index (χ0) is 12.8. The van der Waals surface area contributed by atoms with E-state index in [4.69, 9.17) is 0 Å². The molecule has 0 aromatic heterocycles. The largest absolute Gasteiger partial charge is 0.379 e. The number of hydrogen-bond donors (Lipinski definition) is 1. The predicted molar refractivity (Wildman–Crippen MR) is 79.1 cm³/mol. The molecule has 0 bridgehead atoms. The molecule has 1 saturated carbocycles. The molecule has 3 rings (SSSR count). The van der Waals surface area contributed by atoms with Crippen LogP contribution in [-0.4, -0.2) is 5.54 Å². The summed E-state index contributed by atoms with van der Waals surface area (Å²) in [6.45, 7) is 6.71. The van der Waals surface area contributed by atoms with Crippen molar-refractivity contribution in [2.45, 2.75) is 57.9 Å². The van der Waals surface area contributed by atoms with Crippen LogP contribution < -0.4 is 5.32 Å². The molecule has 1 heteroatoms. The molecule has 1 aromatic carbocycles. The average Bonchev–Trinajstić information content (AvgIpc) is 2.61. The van der Waals surface area contributed by atoms with Gasteiger partial charge in [0, 0.05) is 17.1 Å². The van der Waals surface area contributed by atoms with Gasteiger partial charge in [-0.15, -0.1) is 0 Å². The number of benzene rings is 1. The van der Waals surface area contributed by atoms with Crippen molar-refractivity contribution in [3.63, 3.8) is 0 Å². The summed E-state index contributed by atoms with van der Waals surface area (Å²) in [4.78, 5) is 0. The summed E-state index contributed by atoms with van der Waals surface area (Å²) < 4.78 is 0. The van der Waals surface area contributed by atoms with Gasteiger partial charge in [-0.25, -0.2) is 0 Å². The molecule has 1 aliphatic carbocycles. The lowest BCUT2D eigenvalue weighted by atomic mass is 9.73. The molecule has 96 valence electrons. The fourth-order valence-corrected chi connectivity index (χ4v) is 3.79. The summed E-state index contributed by atoms with van der Waals surface area (Å²) >= 11 is 0. The quantitative estimate of drug-likeness (QED) is 0.739. The molecule has 2 atom stereocenters. The minimum atomic E-state index is 0.307. The van der Waals surface area contributed by atoms with Crippen molar-refractivity contribution in [1.82, 2.24) is 0 Å². The first kappa shape index (κ1) is 11.8. The van der Waals surface area contributed by atoms with E-state index in [1.54, 1.807) is 5.56 Å². The van der Waals surface area contributed by atoms with Gasteiger partial charge in [0.15, 0.2) is 0 Å². The Bertz CT molecular complexity index is 501. The summed E-state index contributed by atoms with van der Waals surface area (Å²) in [7, 11) is 0. The van der Waals surface area contributed by atoms with Crippen LogP contribution in [0.1, 0.15) is 62.1 Å². The molecular formula is C17H23N. The maximum atomic E-state index is 3.80. The number of rotatable bonds is 1. The van der Waals surface area contributed by atoms with Crippen LogP contribution in [0.2, 0.25) is 0 Å². The molecule has 2 unspecified atom stereocenters. The average molecular weight is 241 g/mol. The number of fused-ring (bicyclic) bond motifs is 3. The lowest BCUT2D eigenvalue weighted by molar-refractivity contribution is 0.315. The Morgan fingerprint density at radius 2 is 2.17 bits per heavy atom. The second kappa shape index (κ2) is 4.15. The van der Waals surface area contributed by atoms with Gasteiger partial charge in [0.05, 0.1) is 0 Å². The van der Waals surface area contributed by atoms with Gasteiger partial charge in [-0.2, -0.15) is 0 Å². The zero-order valence-corrected chi connectivity index (χ0v) is 11.7. The van der Waals surface area contributed by atoms with Gasteiger partial charge in [-0.3, -0.25) is 0 Å². The highest BCUT2D eigenvalue weighted by atomic mass is 15.0. The lowest BCUT2D eigenvalue weighted by Gasteiger charge is -2.36. The molecular weight excluding hydrogens is 218 g/mol. The van der Waals surface area contributed by atoms with E-state index in [9.17, 15) is 0 Å². The maximum absolute atomic E-state index is 3.80. The van der Waals surface area contributed by atoms with Crippen molar-refractivity contribution < 1.29 is 0 Å². The second-order valence-corrected chi connectivity index (χ2v) is 6.14. The van der Waals surface area contributed by atoms with E-state index < -0.39 is 0 Å². The number of hydrogen-bond acceptors (Lipinski definition) is 1. The fraction of sp³-hybridized carbons (Fsp3) is 0.529. The second-order valence-electron chi connectivity index (χ2n) is 6.14. The van der Waals surface area contributed by atoms with Crippen LogP contribution in [0.3, 0.4) is 0 Å². The molecule has 0 saturated heterocycles. The van der Waals surface area contributed by atoms with Gasteiger partial charge in [-0.05, 0) is 62.4 Å². The van der Waals surface area contributed by atoms with Crippen molar-refractivity contribution in [1.29, 1.82) is 0 Å². The van der Waals surface area contributed by atoms with Crippen molar-refractivity contribution in [2.24, 2.45) is 0 Å². The van der Waals surface area contributed by atoms with Crippen LogP contribution in [0.25, 0.3) is 6.08 Å². The summed E-state index contributed by atoms with van der Waals surface area (Å²) in [5.41, 5.74) is 6.00. The van der Waals surface area contributed by atoms with Gasteiger partial charge in [0.1, 0.15) is 0 Å². The fourth-order valence-electron chi connectivity index (χ4n) is 3.79. The minimum Gasteiger partial charge on any atom is -0.379 e. The molecule has 1 heterocycles. The topological polar surface area (TPSA) is 12.0 Å². The van der Waals surface area contributed by atoms with Gasteiger partial charge < -0.3 is 5.32 Å². The van der Waals surface area contributed by atoms with Crippen molar-refractivity contribution in [2.75, 3.05) is 5.32 Å². The minimum absolute atomic E-state index is 0.307. The molecule has 1 aromatic rings. The van der Waals surface area contributed by atoms with Crippen LogP contribution >= 0.6 is 0 Å². The molecule has 0 spiro atoms. The monoisotopic (exact) mass is 241 g/mol. The van der Waals surface area contributed by atoms with Gasteiger partial charge in [0.2, 0.25) is 0 Å². The third-order valence-electron chi connectivity index (χ3n) is 4.79. The Balaban J connectivity index is 2.08. The van der Waals surface area contributed by atoms with E-state index in [2.05, 4.69) is 50.4 Å². The third kappa shape index (κ3) is 1.68. The number of aryl methyl sites for hydroxylation is 1. The normalized spacial score (nSPS) is 30.1. The molecule has 1 fully saturated rings. The Kier molecular flexibility index (Phi) is 2.73. The first-order valence-electron chi connectivity index (χ1n) is 7.19. The standard InChI is InChI=1S/C17H23N/c1-4-7-13-11-14-15-8-5-6-9-17(15,3)18-16(14)10-12(13)2/h4,7,10-11,15,18H,5-6,8-9H2,1-3H3/b7-4-. The first-order chi connectivity index (χ1) is 8.64. The highest BCUT2D eigenvalue weighted by Crippen LogP contribution is 2.51. The molecule has 0 amide bonds. The van der Waals surface area contributed by atoms with Crippen LogP contribution in [0.5, 0.6) is 0 Å². The molecule has 2 aliphatic rings. The highest BCUT2D eigenvalue weighted by molar-refractivity contribution is 5.68. The Labute approximate surface area is 110 Å². The van der Waals surface area contributed by atoms with E-state index in [-0.39, 0.29) is 0 Å². The maximum Gasteiger partial charge on any atom is 0.0414 e. The summed E-state index contributed by atoms with van der Waals surface area (Å²) in [5.74, 6) is 0.714. The van der Waals surface area contributed by atoms with Gasteiger partial charge >= 0.3 is 0 Å². The summed E-state index contributed by atoms with van der Waals surface area (Å²) in [6, 6.07) is 4.76. The van der Waals surface area contributed by atoms with E-state index in [0.717, 1.165) is 0 Å². The van der Waals surface area contributed by atoms with Crippen molar-refractivity contribution >= 4 is 11.8 Å². The first-order valence-corrected chi connectivity index (χ1v) is 7.19. The van der Waals surface area contributed by atoms with Crippen LogP contribution in [0, 0.1) is 6.92 Å². The molecule has 18 heavy (non-hydrogen) atoms. The number of nitrogens with one attached hydrogen (secondary N) is 1. The number of allylic oxidation sites excluding steroid dienone is 1. The van der Waals surface area contributed by atoms with E-state index in [1.165, 1.54) is 42.5 Å². The lowest BCUT2D eigenvalue weighted by Crippen LogP contribution is -2.38. The van der Waals surface area contributed by atoms with E-state index >= 15 is 0 Å². The Hall–Kier alpha value is -1.24. The molecule has 1 N–H and O–H groups in total. The SMILES string of the molecule is C/C=C\c1cc2c(cc1C)NC1(C)CCCCC21. The number of anilines is 1. The molecule has 1 aliphatic heterocycles. The van der Waals surface area contributed by atoms with Crippen molar-refractivity contribution in [3.8, 4) is 0 Å². The molecule has 1 nitrogen and oxygen atoms in total. The van der Waals surface area contributed by atoms with Gasteiger partial charge in [0.25, 0.3) is 0 Å². The van der Waals surface area contributed by atoms with Crippen LogP contribution in [0.15, 0.2) is 18.2 Å². The van der Waals surface area contributed by atoms with Gasteiger partial charge in [-0.1, -0.05) is 25.0 Å². The van der Waals surface area contributed by atoms with Crippen molar-refractivity contribution in [3.05, 3.63) is 34.9 Å².